The highest BCUT2D eigenvalue weighted by atomic mass is 16.5. The van der Waals surface area contributed by atoms with Crippen molar-refractivity contribution in [1.82, 2.24) is 5.32 Å². The van der Waals surface area contributed by atoms with E-state index in [0.717, 1.165) is 5.75 Å². The van der Waals surface area contributed by atoms with Gasteiger partial charge in [-0.1, -0.05) is 12.1 Å². The summed E-state index contributed by atoms with van der Waals surface area (Å²) in [5.74, 6) is 0.990. The number of rotatable bonds is 4. The van der Waals surface area contributed by atoms with Crippen LogP contribution >= 0.6 is 0 Å². The molecule has 0 radical (unpaired) electrons. The number of benzene rings is 1. The van der Waals surface area contributed by atoms with Gasteiger partial charge in [-0.3, -0.25) is 0 Å². The molecule has 2 unspecified atom stereocenters. The minimum absolute atomic E-state index is 0.176. The molecule has 0 saturated heterocycles. The largest absolute Gasteiger partial charge is 0.489 e. The van der Waals surface area contributed by atoms with Crippen molar-refractivity contribution < 1.29 is 4.74 Å². The Morgan fingerprint density at radius 1 is 1.20 bits per heavy atom. The molecule has 1 aromatic carbocycles. The van der Waals surface area contributed by atoms with Crippen LogP contribution in [0.15, 0.2) is 18.2 Å². The molecule has 0 saturated carbocycles. The second-order valence-corrected chi connectivity index (χ2v) is 4.17. The number of aryl methyl sites for hydroxylation is 2. The van der Waals surface area contributed by atoms with E-state index in [-0.39, 0.29) is 6.10 Å². The molecule has 0 aromatic heterocycles. The highest BCUT2D eigenvalue weighted by Crippen LogP contribution is 2.20. The fourth-order valence-electron chi connectivity index (χ4n) is 1.37. The van der Waals surface area contributed by atoms with E-state index in [2.05, 4.69) is 51.2 Å². The summed E-state index contributed by atoms with van der Waals surface area (Å²) >= 11 is 0. The molecule has 0 bridgehead atoms. The van der Waals surface area contributed by atoms with Crippen LogP contribution in [-0.2, 0) is 0 Å². The molecule has 2 atom stereocenters. The molecule has 0 aliphatic carbocycles. The molecule has 0 heterocycles. The second kappa shape index (κ2) is 5.17. The molecular formula is C13H21NO. The summed E-state index contributed by atoms with van der Waals surface area (Å²) in [6.07, 6.45) is 0.176. The average molecular weight is 207 g/mol. The van der Waals surface area contributed by atoms with Crippen LogP contribution in [-0.4, -0.2) is 19.2 Å². The minimum Gasteiger partial charge on any atom is -0.489 e. The van der Waals surface area contributed by atoms with Gasteiger partial charge in [0, 0.05) is 6.04 Å². The van der Waals surface area contributed by atoms with Crippen LogP contribution in [0.2, 0.25) is 0 Å². The maximum Gasteiger partial charge on any atom is 0.122 e. The molecule has 2 nitrogen and oxygen atoms in total. The predicted molar refractivity (Wildman–Crippen MR) is 64.5 cm³/mol. The maximum atomic E-state index is 5.92. The summed E-state index contributed by atoms with van der Waals surface area (Å²) in [5.41, 5.74) is 2.43. The first kappa shape index (κ1) is 12.1. The van der Waals surface area contributed by atoms with E-state index in [9.17, 15) is 0 Å². The molecule has 1 rings (SSSR count). The first-order valence-corrected chi connectivity index (χ1v) is 5.45. The van der Waals surface area contributed by atoms with E-state index >= 15 is 0 Å². The summed E-state index contributed by atoms with van der Waals surface area (Å²) in [4.78, 5) is 0. The summed E-state index contributed by atoms with van der Waals surface area (Å²) < 4.78 is 5.92. The Balaban J connectivity index is 2.75. The topological polar surface area (TPSA) is 21.3 Å². The van der Waals surface area contributed by atoms with Crippen LogP contribution in [0.3, 0.4) is 0 Å². The zero-order valence-corrected chi connectivity index (χ0v) is 10.3. The molecule has 2 heteroatoms. The predicted octanol–water partition coefficient (Wildman–Crippen LogP) is 2.68. The molecule has 1 N–H and O–H groups in total. The quantitative estimate of drug-likeness (QED) is 0.819. The van der Waals surface area contributed by atoms with Gasteiger partial charge in [-0.25, -0.2) is 0 Å². The van der Waals surface area contributed by atoms with Gasteiger partial charge >= 0.3 is 0 Å². The number of nitrogens with one attached hydrogen (secondary N) is 1. The lowest BCUT2D eigenvalue weighted by Gasteiger charge is -2.22. The highest BCUT2D eigenvalue weighted by Gasteiger charge is 2.12. The summed E-state index contributed by atoms with van der Waals surface area (Å²) in [6, 6.07) is 6.65. The van der Waals surface area contributed by atoms with Gasteiger partial charge in [-0.05, 0) is 51.9 Å². The van der Waals surface area contributed by atoms with Crippen LogP contribution in [0.1, 0.15) is 25.0 Å². The fourth-order valence-corrected chi connectivity index (χ4v) is 1.37. The van der Waals surface area contributed by atoms with Crippen molar-refractivity contribution in [2.45, 2.75) is 39.8 Å². The average Bonchev–Trinajstić information content (AvgIpc) is 2.22. The lowest BCUT2D eigenvalue weighted by molar-refractivity contribution is 0.181. The van der Waals surface area contributed by atoms with Crippen molar-refractivity contribution in [2.24, 2.45) is 0 Å². The van der Waals surface area contributed by atoms with Gasteiger partial charge in [-0.15, -0.1) is 0 Å². The van der Waals surface area contributed by atoms with Crippen LogP contribution < -0.4 is 10.1 Å². The van der Waals surface area contributed by atoms with E-state index in [1.165, 1.54) is 11.1 Å². The molecule has 0 aliphatic rings. The minimum atomic E-state index is 0.176. The van der Waals surface area contributed by atoms with Crippen molar-refractivity contribution in [1.29, 1.82) is 0 Å². The molecule has 0 aliphatic heterocycles. The van der Waals surface area contributed by atoms with Gasteiger partial charge in [-0.2, -0.15) is 0 Å². The van der Waals surface area contributed by atoms with E-state index in [0.29, 0.717) is 6.04 Å². The third kappa shape index (κ3) is 3.24. The third-order valence-corrected chi connectivity index (χ3v) is 2.82. The fraction of sp³-hybridized carbons (Fsp3) is 0.538. The zero-order valence-electron chi connectivity index (χ0n) is 10.3. The lowest BCUT2D eigenvalue weighted by Crippen LogP contribution is -2.36. The van der Waals surface area contributed by atoms with Crippen LogP contribution in [0.25, 0.3) is 0 Å². The Labute approximate surface area is 92.6 Å². The van der Waals surface area contributed by atoms with E-state index in [1.807, 2.05) is 7.05 Å². The van der Waals surface area contributed by atoms with Crippen molar-refractivity contribution in [3.05, 3.63) is 29.3 Å². The number of likely N-dealkylation sites (N-methyl/N-ethyl adjacent to an activating group) is 1. The SMILES string of the molecule is CNC(C)C(C)Oc1cc(C)ccc1C. The zero-order chi connectivity index (χ0) is 11.4. The monoisotopic (exact) mass is 207 g/mol. The number of hydrogen-bond donors (Lipinski definition) is 1. The third-order valence-electron chi connectivity index (χ3n) is 2.82. The Morgan fingerprint density at radius 3 is 2.47 bits per heavy atom. The summed E-state index contributed by atoms with van der Waals surface area (Å²) in [7, 11) is 1.95. The van der Waals surface area contributed by atoms with Gasteiger partial charge < -0.3 is 10.1 Å². The van der Waals surface area contributed by atoms with Gasteiger partial charge in [0.25, 0.3) is 0 Å². The molecule has 0 fully saturated rings. The molecular weight excluding hydrogens is 186 g/mol. The van der Waals surface area contributed by atoms with Crippen molar-refractivity contribution >= 4 is 0 Å². The first-order chi connectivity index (χ1) is 7.04. The number of hydrogen-bond acceptors (Lipinski definition) is 2. The molecule has 84 valence electrons. The molecule has 15 heavy (non-hydrogen) atoms. The van der Waals surface area contributed by atoms with Crippen molar-refractivity contribution in [3.63, 3.8) is 0 Å². The highest BCUT2D eigenvalue weighted by molar-refractivity contribution is 5.36. The smallest absolute Gasteiger partial charge is 0.122 e. The van der Waals surface area contributed by atoms with Crippen LogP contribution in [0, 0.1) is 13.8 Å². The van der Waals surface area contributed by atoms with Gasteiger partial charge in [0.05, 0.1) is 0 Å². The normalized spacial score (nSPS) is 14.7. The molecule has 0 amide bonds. The summed E-state index contributed by atoms with van der Waals surface area (Å²) in [5, 5.41) is 3.19. The summed E-state index contributed by atoms with van der Waals surface area (Å²) in [6.45, 7) is 8.36. The van der Waals surface area contributed by atoms with Gasteiger partial charge in [0.15, 0.2) is 0 Å². The Morgan fingerprint density at radius 2 is 1.87 bits per heavy atom. The second-order valence-electron chi connectivity index (χ2n) is 4.17. The van der Waals surface area contributed by atoms with E-state index < -0.39 is 0 Å². The Kier molecular flexibility index (Phi) is 4.15. The Bertz CT molecular complexity index is 322. The van der Waals surface area contributed by atoms with Crippen molar-refractivity contribution in [3.8, 4) is 5.75 Å². The molecule has 1 aromatic rings. The van der Waals surface area contributed by atoms with E-state index in [4.69, 9.17) is 4.74 Å². The van der Waals surface area contributed by atoms with Gasteiger partial charge in [0.2, 0.25) is 0 Å². The van der Waals surface area contributed by atoms with Crippen LogP contribution in [0.5, 0.6) is 5.75 Å². The lowest BCUT2D eigenvalue weighted by atomic mass is 10.1. The standard InChI is InChI=1S/C13H21NO/c1-9-6-7-10(2)13(8-9)15-12(4)11(3)14-5/h6-8,11-12,14H,1-5H3. The first-order valence-electron chi connectivity index (χ1n) is 5.45. The Hall–Kier alpha value is -1.02. The number of ether oxygens (including phenoxy) is 1. The van der Waals surface area contributed by atoms with Crippen LogP contribution in [0.4, 0.5) is 0 Å². The van der Waals surface area contributed by atoms with Crippen molar-refractivity contribution in [2.75, 3.05) is 7.05 Å². The van der Waals surface area contributed by atoms with E-state index in [1.54, 1.807) is 0 Å². The maximum absolute atomic E-state index is 5.92. The molecule has 0 spiro atoms. The van der Waals surface area contributed by atoms with Gasteiger partial charge in [0.1, 0.15) is 11.9 Å².